The number of cyclic esters (lactones) is 1. The van der Waals surface area contributed by atoms with E-state index in [9.17, 15) is 19.2 Å². The van der Waals surface area contributed by atoms with Gasteiger partial charge in [0.1, 0.15) is 12.3 Å². The fraction of sp³-hybridized carbons (Fsp3) is 0.286. The number of hydrogen-bond donors (Lipinski definition) is 1. The average molecular weight is 409 g/mol. The standard InChI is InChI=1S/C21H19N3O6/c1-4-11-24-17(18(26)22-14-9-7-6-8-10-14)23-16-15(19(24)27)12-29-20(28)21(16,5-2)30-13(3)25/h1,6-10H,5,11-12H2,2-3H3,(H,22,26)/t21-/m0/s1. The normalized spacial score (nSPS) is 17.3. The number of hydrogen-bond acceptors (Lipinski definition) is 7. The molecule has 3 rings (SSSR count). The van der Waals surface area contributed by atoms with E-state index in [4.69, 9.17) is 15.9 Å². The minimum Gasteiger partial charge on any atom is -0.457 e. The van der Waals surface area contributed by atoms with Gasteiger partial charge < -0.3 is 14.8 Å². The molecular weight excluding hydrogens is 390 g/mol. The molecule has 1 amide bonds. The van der Waals surface area contributed by atoms with Crippen molar-refractivity contribution in [3.63, 3.8) is 0 Å². The second-order valence-corrected chi connectivity index (χ2v) is 6.53. The molecule has 0 saturated heterocycles. The van der Waals surface area contributed by atoms with Crippen molar-refractivity contribution in [1.29, 1.82) is 0 Å². The first-order valence-corrected chi connectivity index (χ1v) is 9.15. The highest BCUT2D eigenvalue weighted by Crippen LogP contribution is 2.35. The predicted molar refractivity (Wildman–Crippen MR) is 105 cm³/mol. The second kappa shape index (κ2) is 8.21. The van der Waals surface area contributed by atoms with Crippen molar-refractivity contribution in [3.05, 3.63) is 57.8 Å². The van der Waals surface area contributed by atoms with Crippen molar-refractivity contribution in [2.45, 2.75) is 39.0 Å². The zero-order valence-electron chi connectivity index (χ0n) is 16.4. The largest absolute Gasteiger partial charge is 0.457 e. The van der Waals surface area contributed by atoms with Crippen LogP contribution < -0.4 is 10.9 Å². The van der Waals surface area contributed by atoms with Gasteiger partial charge in [-0.05, 0) is 12.1 Å². The Bertz CT molecular complexity index is 1120. The molecule has 1 aromatic heterocycles. The number of nitrogens with one attached hydrogen (secondary N) is 1. The lowest BCUT2D eigenvalue weighted by molar-refractivity contribution is -0.189. The molecule has 1 aliphatic rings. The maximum absolute atomic E-state index is 13.1. The summed E-state index contributed by atoms with van der Waals surface area (Å²) < 4.78 is 11.4. The van der Waals surface area contributed by atoms with Gasteiger partial charge in [0.2, 0.25) is 5.82 Å². The van der Waals surface area contributed by atoms with Crippen LogP contribution in [0.25, 0.3) is 0 Å². The minimum absolute atomic E-state index is 0.00390. The van der Waals surface area contributed by atoms with Crippen LogP contribution in [-0.4, -0.2) is 27.4 Å². The van der Waals surface area contributed by atoms with Crippen molar-refractivity contribution in [2.75, 3.05) is 5.32 Å². The maximum atomic E-state index is 13.1. The highest BCUT2D eigenvalue weighted by atomic mass is 16.6. The summed E-state index contributed by atoms with van der Waals surface area (Å²) in [6.07, 6.45) is 5.33. The van der Waals surface area contributed by atoms with Gasteiger partial charge in [-0.2, -0.15) is 0 Å². The predicted octanol–water partition coefficient (Wildman–Crippen LogP) is 1.35. The molecule has 0 saturated carbocycles. The van der Waals surface area contributed by atoms with E-state index in [0.29, 0.717) is 5.69 Å². The number of nitrogens with zero attached hydrogens (tertiary/aromatic N) is 2. The summed E-state index contributed by atoms with van der Waals surface area (Å²) >= 11 is 0. The third-order valence-electron chi connectivity index (χ3n) is 4.62. The van der Waals surface area contributed by atoms with Gasteiger partial charge in [0.25, 0.3) is 17.1 Å². The van der Waals surface area contributed by atoms with Crippen LogP contribution in [0, 0.1) is 12.3 Å². The Labute approximate surface area is 172 Å². The highest BCUT2D eigenvalue weighted by Gasteiger charge is 2.51. The summed E-state index contributed by atoms with van der Waals surface area (Å²) in [6, 6.07) is 8.55. The Morgan fingerprint density at radius 3 is 2.63 bits per heavy atom. The lowest BCUT2D eigenvalue weighted by Crippen LogP contribution is -2.49. The van der Waals surface area contributed by atoms with Gasteiger partial charge in [0, 0.05) is 19.0 Å². The smallest absolute Gasteiger partial charge is 0.357 e. The Kier molecular flexibility index (Phi) is 5.69. The van der Waals surface area contributed by atoms with E-state index in [1.807, 2.05) is 0 Å². The fourth-order valence-corrected chi connectivity index (χ4v) is 3.25. The number of ether oxygens (including phenoxy) is 2. The van der Waals surface area contributed by atoms with Crippen LogP contribution in [0.15, 0.2) is 35.1 Å². The lowest BCUT2D eigenvalue weighted by Gasteiger charge is -2.34. The topological polar surface area (TPSA) is 117 Å². The monoisotopic (exact) mass is 409 g/mol. The lowest BCUT2D eigenvalue weighted by atomic mass is 9.90. The number of aromatic nitrogens is 2. The average Bonchev–Trinajstić information content (AvgIpc) is 2.72. The number of terminal acetylenes is 1. The fourth-order valence-electron chi connectivity index (χ4n) is 3.25. The Morgan fingerprint density at radius 2 is 2.03 bits per heavy atom. The summed E-state index contributed by atoms with van der Waals surface area (Å²) in [6.45, 7) is 2.12. The molecule has 9 nitrogen and oxygen atoms in total. The SMILES string of the molecule is C#CCn1c(C(=O)Nc2ccccc2)nc2c(c1=O)COC(=O)[C@@]2(CC)OC(C)=O. The van der Waals surface area contributed by atoms with Gasteiger partial charge in [0.15, 0.2) is 0 Å². The van der Waals surface area contributed by atoms with Crippen LogP contribution in [0.5, 0.6) is 0 Å². The van der Waals surface area contributed by atoms with E-state index in [-0.39, 0.29) is 36.7 Å². The second-order valence-electron chi connectivity index (χ2n) is 6.53. The van der Waals surface area contributed by atoms with E-state index in [1.165, 1.54) is 0 Å². The number of carbonyl (C=O) groups excluding carboxylic acids is 3. The molecule has 30 heavy (non-hydrogen) atoms. The van der Waals surface area contributed by atoms with E-state index in [1.54, 1.807) is 37.3 Å². The van der Waals surface area contributed by atoms with Crippen LogP contribution in [0.2, 0.25) is 0 Å². The Morgan fingerprint density at radius 1 is 1.33 bits per heavy atom. The molecule has 0 radical (unpaired) electrons. The van der Waals surface area contributed by atoms with E-state index in [2.05, 4.69) is 16.2 Å². The summed E-state index contributed by atoms with van der Waals surface area (Å²) in [7, 11) is 0. The van der Waals surface area contributed by atoms with E-state index >= 15 is 0 Å². The third kappa shape index (κ3) is 3.55. The zero-order chi connectivity index (χ0) is 21.9. The van der Waals surface area contributed by atoms with E-state index in [0.717, 1.165) is 11.5 Å². The molecule has 0 spiro atoms. The number of para-hydroxylation sites is 1. The summed E-state index contributed by atoms with van der Waals surface area (Å²) in [5.41, 5.74) is -2.20. The molecule has 2 aromatic rings. The summed E-state index contributed by atoms with van der Waals surface area (Å²) in [5, 5.41) is 2.63. The van der Waals surface area contributed by atoms with Gasteiger partial charge in [-0.25, -0.2) is 9.78 Å². The van der Waals surface area contributed by atoms with Gasteiger partial charge >= 0.3 is 11.9 Å². The van der Waals surface area contributed by atoms with Crippen LogP contribution >= 0.6 is 0 Å². The van der Waals surface area contributed by atoms with Crippen LogP contribution in [-0.2, 0) is 37.8 Å². The molecule has 1 N–H and O–H groups in total. The molecular formula is C21H19N3O6. The molecule has 2 heterocycles. The maximum Gasteiger partial charge on any atom is 0.357 e. The van der Waals surface area contributed by atoms with Crippen LogP contribution in [0.4, 0.5) is 5.69 Å². The van der Waals surface area contributed by atoms with Crippen molar-refractivity contribution in [2.24, 2.45) is 0 Å². The first-order valence-electron chi connectivity index (χ1n) is 9.15. The number of anilines is 1. The summed E-state index contributed by atoms with van der Waals surface area (Å²) in [5.74, 6) is -0.310. The van der Waals surface area contributed by atoms with Gasteiger partial charge in [-0.1, -0.05) is 31.0 Å². The highest BCUT2D eigenvalue weighted by molar-refractivity contribution is 6.02. The third-order valence-corrected chi connectivity index (χ3v) is 4.62. The van der Waals surface area contributed by atoms with Crippen LogP contribution in [0.1, 0.15) is 42.1 Å². The van der Waals surface area contributed by atoms with Crippen molar-refractivity contribution >= 4 is 23.5 Å². The zero-order valence-corrected chi connectivity index (χ0v) is 16.4. The summed E-state index contributed by atoms with van der Waals surface area (Å²) in [4.78, 5) is 54.6. The van der Waals surface area contributed by atoms with Crippen molar-refractivity contribution in [1.82, 2.24) is 9.55 Å². The molecule has 1 atom stereocenters. The van der Waals surface area contributed by atoms with Gasteiger partial charge in [-0.3, -0.25) is 19.0 Å². The minimum atomic E-state index is -1.92. The van der Waals surface area contributed by atoms with Crippen LogP contribution in [0.3, 0.4) is 0 Å². The molecule has 0 fully saturated rings. The van der Waals surface area contributed by atoms with Gasteiger partial charge in [-0.15, -0.1) is 6.42 Å². The molecule has 1 aliphatic heterocycles. The number of carbonyl (C=O) groups is 3. The first-order chi connectivity index (χ1) is 14.3. The number of esters is 2. The molecule has 1 aromatic carbocycles. The molecule has 0 unspecified atom stereocenters. The molecule has 154 valence electrons. The quantitative estimate of drug-likeness (QED) is 0.585. The first kappa shape index (κ1) is 20.8. The molecule has 0 aliphatic carbocycles. The number of rotatable bonds is 5. The number of fused-ring (bicyclic) bond motifs is 1. The van der Waals surface area contributed by atoms with Crippen molar-refractivity contribution < 1.29 is 23.9 Å². The molecule has 9 heteroatoms. The number of benzene rings is 1. The van der Waals surface area contributed by atoms with E-state index < -0.39 is 29.0 Å². The Balaban J connectivity index is 2.22. The van der Waals surface area contributed by atoms with Gasteiger partial charge in [0.05, 0.1) is 12.1 Å². The molecule has 0 bridgehead atoms. The number of amides is 1. The van der Waals surface area contributed by atoms with Crippen molar-refractivity contribution in [3.8, 4) is 12.3 Å². The Hall–Kier alpha value is -3.93.